The molecule has 5 N–H and O–H groups in total. The van der Waals surface area contributed by atoms with Crippen molar-refractivity contribution < 1.29 is 32.6 Å². The zero-order valence-corrected chi connectivity index (χ0v) is 18.1. The molecule has 1 heterocycles. The molecule has 178 valence electrons. The van der Waals surface area contributed by atoms with Crippen LogP contribution in [0.2, 0.25) is 0 Å². The van der Waals surface area contributed by atoms with E-state index < -0.39 is 41.1 Å². The second-order valence-electron chi connectivity index (χ2n) is 8.06. The summed E-state index contributed by atoms with van der Waals surface area (Å²) in [7, 11) is 0. The zero-order valence-electron chi connectivity index (χ0n) is 18.1. The summed E-state index contributed by atoms with van der Waals surface area (Å²) in [5, 5.41) is 14.9. The predicted octanol–water partition coefficient (Wildman–Crippen LogP) is 2.56. The van der Waals surface area contributed by atoms with Crippen molar-refractivity contribution in [2.24, 2.45) is 5.73 Å². The fourth-order valence-electron chi connectivity index (χ4n) is 3.04. The lowest BCUT2D eigenvalue weighted by atomic mass is 10.1. The molecule has 0 saturated heterocycles. The van der Waals surface area contributed by atoms with Gasteiger partial charge in [0.2, 0.25) is 11.8 Å². The minimum absolute atomic E-state index is 0.0613. The minimum atomic E-state index is -4.67. The summed E-state index contributed by atoms with van der Waals surface area (Å²) in [5.41, 5.74) is 4.11. The molecular weight excluding hydrogens is 441 g/mol. The van der Waals surface area contributed by atoms with Crippen molar-refractivity contribution in [1.29, 1.82) is 0 Å². The number of rotatable bonds is 8. The Labute approximate surface area is 188 Å². The van der Waals surface area contributed by atoms with Crippen LogP contribution in [0.25, 0.3) is 0 Å². The van der Waals surface area contributed by atoms with Gasteiger partial charge in [-0.1, -0.05) is 6.07 Å². The zero-order chi connectivity index (χ0) is 24.4. The molecule has 0 bridgehead atoms. The number of carbonyl (C=O) groups excluding carboxylic acids is 2. The molecular formula is C22H25F3N4O4. The average molecular weight is 466 g/mol. The van der Waals surface area contributed by atoms with Crippen LogP contribution < -0.4 is 21.1 Å². The molecule has 11 heteroatoms. The fourth-order valence-corrected chi connectivity index (χ4v) is 3.04. The van der Waals surface area contributed by atoms with Gasteiger partial charge in [-0.2, -0.15) is 13.2 Å². The molecule has 1 aliphatic carbocycles. The normalized spacial score (nSPS) is 16.5. The van der Waals surface area contributed by atoms with Crippen molar-refractivity contribution >= 4 is 11.8 Å². The van der Waals surface area contributed by atoms with Crippen LogP contribution >= 0.6 is 0 Å². The third kappa shape index (κ3) is 5.99. The molecule has 2 unspecified atom stereocenters. The Kier molecular flexibility index (Phi) is 6.94. The van der Waals surface area contributed by atoms with Crippen molar-refractivity contribution in [2.45, 2.75) is 57.1 Å². The maximum Gasteiger partial charge on any atom is 0.419 e. The van der Waals surface area contributed by atoms with E-state index in [2.05, 4.69) is 15.6 Å². The van der Waals surface area contributed by atoms with Crippen molar-refractivity contribution in [3.8, 4) is 11.5 Å². The number of amides is 2. The summed E-state index contributed by atoms with van der Waals surface area (Å²) in [5.74, 6) is -1.12. The van der Waals surface area contributed by atoms with Gasteiger partial charge in [0, 0.05) is 0 Å². The van der Waals surface area contributed by atoms with E-state index in [1.54, 1.807) is 0 Å². The summed E-state index contributed by atoms with van der Waals surface area (Å²) >= 11 is 0. The van der Waals surface area contributed by atoms with Crippen molar-refractivity contribution in [3.63, 3.8) is 0 Å². The Morgan fingerprint density at radius 2 is 1.94 bits per heavy atom. The average Bonchev–Trinajstić information content (AvgIpc) is 3.53. The molecule has 1 aliphatic rings. The van der Waals surface area contributed by atoms with Gasteiger partial charge in [-0.25, -0.2) is 0 Å². The molecule has 2 aromatic rings. The number of aromatic nitrogens is 1. The van der Waals surface area contributed by atoms with E-state index in [0.717, 1.165) is 12.1 Å². The molecule has 2 amide bonds. The topological polar surface area (TPSA) is 127 Å². The Morgan fingerprint density at radius 1 is 1.24 bits per heavy atom. The first kappa shape index (κ1) is 24.5. The molecule has 2 atom stereocenters. The number of alkyl halides is 3. The number of halogens is 3. The van der Waals surface area contributed by atoms with Gasteiger partial charge in [-0.05, 0) is 56.5 Å². The van der Waals surface area contributed by atoms with E-state index in [9.17, 15) is 27.9 Å². The molecule has 3 rings (SSSR count). The van der Waals surface area contributed by atoms with Crippen LogP contribution in [0.4, 0.5) is 13.2 Å². The number of benzene rings is 1. The highest BCUT2D eigenvalue weighted by Crippen LogP contribution is 2.39. The van der Waals surface area contributed by atoms with Crippen LogP contribution in [0.15, 0.2) is 36.5 Å². The highest BCUT2D eigenvalue weighted by atomic mass is 19.4. The second-order valence-corrected chi connectivity index (χ2v) is 8.06. The lowest BCUT2D eigenvalue weighted by molar-refractivity contribution is -0.138. The molecule has 0 aliphatic heterocycles. The van der Waals surface area contributed by atoms with Crippen molar-refractivity contribution in [3.05, 3.63) is 53.3 Å². The number of nitrogens with two attached hydrogens (primary N) is 1. The standard InChI is InChI=1S/C22H25F3N4O4/c1-12(26)19(31)29-21(7-8-21)20(32)28-10-15-4-5-16(11-27-15)33-18-6-3-14(13(2)30)9-17(18)22(23,24)25/h3-6,9,11-13,30H,7-8,10,26H2,1-2H3,(H,28,32)(H,29,31). The summed E-state index contributed by atoms with van der Waals surface area (Å²) in [6.07, 6.45) is -3.47. The molecule has 1 saturated carbocycles. The monoisotopic (exact) mass is 466 g/mol. The largest absolute Gasteiger partial charge is 0.455 e. The van der Waals surface area contributed by atoms with Crippen LogP contribution in [0.1, 0.15) is 49.6 Å². The van der Waals surface area contributed by atoms with Crippen LogP contribution in [-0.4, -0.2) is 33.5 Å². The molecule has 0 radical (unpaired) electrons. The smallest absolute Gasteiger partial charge is 0.419 e. The molecule has 0 spiro atoms. The minimum Gasteiger partial charge on any atom is -0.455 e. The molecule has 8 nitrogen and oxygen atoms in total. The van der Waals surface area contributed by atoms with Crippen molar-refractivity contribution in [2.75, 3.05) is 0 Å². The predicted molar refractivity (Wildman–Crippen MR) is 112 cm³/mol. The quantitative estimate of drug-likeness (QED) is 0.474. The molecule has 1 aromatic carbocycles. The Balaban J connectivity index is 1.63. The third-order valence-corrected chi connectivity index (χ3v) is 5.21. The highest BCUT2D eigenvalue weighted by Gasteiger charge is 2.51. The van der Waals surface area contributed by atoms with Gasteiger partial charge in [-0.15, -0.1) is 0 Å². The lowest BCUT2D eigenvalue weighted by Crippen LogP contribution is -2.52. The van der Waals surface area contributed by atoms with Gasteiger partial charge < -0.3 is 26.2 Å². The highest BCUT2D eigenvalue weighted by molar-refractivity contribution is 5.95. The first-order chi connectivity index (χ1) is 15.4. The summed E-state index contributed by atoms with van der Waals surface area (Å²) < 4.78 is 45.6. The number of pyridine rings is 1. The SMILES string of the molecule is CC(N)C(=O)NC1(C(=O)NCc2ccc(Oc3ccc(C(C)O)cc3C(F)(F)F)cn2)CC1. The molecule has 1 aromatic heterocycles. The van der Waals surface area contributed by atoms with E-state index in [1.807, 2.05) is 0 Å². The number of aliphatic hydroxyl groups excluding tert-OH is 1. The maximum atomic E-state index is 13.4. The van der Waals surface area contributed by atoms with E-state index in [4.69, 9.17) is 10.5 Å². The molecule has 33 heavy (non-hydrogen) atoms. The Bertz CT molecular complexity index is 1020. The van der Waals surface area contributed by atoms with Crippen LogP contribution in [0.5, 0.6) is 11.5 Å². The van der Waals surface area contributed by atoms with Crippen LogP contribution in [0.3, 0.4) is 0 Å². The van der Waals surface area contributed by atoms with Crippen LogP contribution in [-0.2, 0) is 22.3 Å². The first-order valence-electron chi connectivity index (χ1n) is 10.3. The van der Waals surface area contributed by atoms with E-state index >= 15 is 0 Å². The van der Waals surface area contributed by atoms with Gasteiger partial charge in [0.05, 0.1) is 36.1 Å². The van der Waals surface area contributed by atoms with E-state index in [1.165, 1.54) is 38.2 Å². The van der Waals surface area contributed by atoms with Gasteiger partial charge in [0.15, 0.2) is 0 Å². The number of nitrogens with zero attached hydrogens (tertiary/aromatic N) is 1. The molecule has 1 fully saturated rings. The number of hydrogen-bond donors (Lipinski definition) is 4. The number of carbonyl (C=O) groups is 2. The van der Waals surface area contributed by atoms with Gasteiger partial charge in [-0.3, -0.25) is 14.6 Å². The van der Waals surface area contributed by atoms with Gasteiger partial charge >= 0.3 is 6.18 Å². The number of aliphatic hydroxyl groups is 1. The number of ether oxygens (including phenoxy) is 1. The summed E-state index contributed by atoms with van der Waals surface area (Å²) in [6, 6.07) is 5.55. The van der Waals surface area contributed by atoms with Crippen molar-refractivity contribution in [1.82, 2.24) is 15.6 Å². The summed E-state index contributed by atoms with van der Waals surface area (Å²) in [4.78, 5) is 28.3. The maximum absolute atomic E-state index is 13.4. The Hall–Kier alpha value is -3.18. The number of hydrogen-bond acceptors (Lipinski definition) is 6. The third-order valence-electron chi connectivity index (χ3n) is 5.21. The second kappa shape index (κ2) is 9.36. The van der Waals surface area contributed by atoms with Gasteiger partial charge in [0.25, 0.3) is 0 Å². The van der Waals surface area contributed by atoms with Gasteiger partial charge in [0.1, 0.15) is 17.0 Å². The van der Waals surface area contributed by atoms with E-state index in [0.29, 0.717) is 18.5 Å². The fraction of sp³-hybridized carbons (Fsp3) is 0.409. The summed E-state index contributed by atoms with van der Waals surface area (Å²) in [6.45, 7) is 2.96. The Morgan fingerprint density at radius 3 is 2.45 bits per heavy atom. The first-order valence-corrected chi connectivity index (χ1v) is 10.3. The van der Waals surface area contributed by atoms with Crippen LogP contribution in [0, 0.1) is 0 Å². The lowest BCUT2D eigenvalue weighted by Gasteiger charge is -2.18. The van der Waals surface area contributed by atoms with E-state index in [-0.39, 0.29) is 23.8 Å². The number of nitrogens with one attached hydrogen (secondary N) is 2.